The number of nitro groups is 1. The van der Waals surface area contributed by atoms with Crippen molar-refractivity contribution in [3.05, 3.63) is 68.2 Å². The molecule has 0 fully saturated rings. The van der Waals surface area contributed by atoms with E-state index in [9.17, 15) is 20.0 Å². The van der Waals surface area contributed by atoms with Gasteiger partial charge in [-0.2, -0.15) is 0 Å². The summed E-state index contributed by atoms with van der Waals surface area (Å²) in [6.07, 6.45) is -1.02. The average Bonchev–Trinajstić information content (AvgIpc) is 2.53. The number of nitro benzene ring substituents is 1. The summed E-state index contributed by atoms with van der Waals surface area (Å²) in [5.41, 5.74) is 0.554. The lowest BCUT2D eigenvalue weighted by Crippen LogP contribution is -2.32. The van der Waals surface area contributed by atoms with E-state index >= 15 is 0 Å². The second-order valence-corrected chi connectivity index (χ2v) is 5.67. The molecule has 1 unspecified atom stereocenters. The molecule has 2 aromatic rings. The van der Waals surface area contributed by atoms with E-state index in [1.807, 2.05) is 0 Å². The van der Waals surface area contributed by atoms with Gasteiger partial charge in [0.15, 0.2) is 0 Å². The van der Waals surface area contributed by atoms with Crippen LogP contribution in [0.1, 0.15) is 11.7 Å². The Kier molecular flexibility index (Phi) is 5.97. The van der Waals surface area contributed by atoms with Crippen LogP contribution < -0.4 is 10.6 Å². The minimum Gasteiger partial charge on any atom is -0.387 e. The van der Waals surface area contributed by atoms with E-state index in [0.717, 1.165) is 0 Å². The second kappa shape index (κ2) is 7.96. The zero-order valence-electron chi connectivity index (χ0n) is 12.2. The smallest absolute Gasteiger partial charge is 0.319 e. The number of aliphatic hydroxyl groups is 1. The molecule has 24 heavy (non-hydrogen) atoms. The monoisotopic (exact) mass is 369 g/mol. The van der Waals surface area contributed by atoms with Crippen LogP contribution in [0.5, 0.6) is 0 Å². The highest BCUT2D eigenvalue weighted by Gasteiger charge is 2.14. The van der Waals surface area contributed by atoms with Gasteiger partial charge < -0.3 is 15.7 Å². The van der Waals surface area contributed by atoms with Crippen molar-refractivity contribution in [3.8, 4) is 0 Å². The maximum Gasteiger partial charge on any atom is 0.319 e. The Labute approximate surface area is 147 Å². The van der Waals surface area contributed by atoms with E-state index in [0.29, 0.717) is 10.6 Å². The highest BCUT2D eigenvalue weighted by atomic mass is 35.5. The number of rotatable bonds is 5. The summed E-state index contributed by atoms with van der Waals surface area (Å²) in [4.78, 5) is 21.9. The quantitative estimate of drug-likeness (QED) is 0.551. The number of urea groups is 1. The number of benzene rings is 2. The third-order valence-corrected chi connectivity index (χ3v) is 3.65. The fourth-order valence-corrected chi connectivity index (χ4v) is 2.48. The summed E-state index contributed by atoms with van der Waals surface area (Å²) in [5.74, 6) is 0. The average molecular weight is 370 g/mol. The van der Waals surface area contributed by atoms with Crippen LogP contribution >= 0.6 is 23.2 Å². The van der Waals surface area contributed by atoms with Crippen molar-refractivity contribution in [2.24, 2.45) is 0 Å². The molecule has 0 spiro atoms. The minimum absolute atomic E-state index is 0.0951. The van der Waals surface area contributed by atoms with Gasteiger partial charge in [0.1, 0.15) is 0 Å². The zero-order valence-corrected chi connectivity index (χ0v) is 13.7. The number of non-ortho nitro benzene ring substituents is 1. The molecule has 126 valence electrons. The van der Waals surface area contributed by atoms with Crippen molar-refractivity contribution < 1.29 is 14.8 Å². The largest absolute Gasteiger partial charge is 0.387 e. The van der Waals surface area contributed by atoms with Crippen LogP contribution in [0.3, 0.4) is 0 Å². The van der Waals surface area contributed by atoms with Gasteiger partial charge in [-0.25, -0.2) is 4.79 Å². The highest BCUT2D eigenvalue weighted by molar-refractivity contribution is 6.35. The van der Waals surface area contributed by atoms with Gasteiger partial charge >= 0.3 is 6.03 Å². The molecule has 9 heteroatoms. The Morgan fingerprint density at radius 1 is 1.25 bits per heavy atom. The van der Waals surface area contributed by atoms with Crippen molar-refractivity contribution in [3.63, 3.8) is 0 Å². The van der Waals surface area contributed by atoms with E-state index in [4.69, 9.17) is 23.2 Å². The van der Waals surface area contributed by atoms with Gasteiger partial charge in [0, 0.05) is 40.0 Å². The predicted octanol–water partition coefficient (Wildman–Crippen LogP) is 3.76. The van der Waals surface area contributed by atoms with Gasteiger partial charge in [0.05, 0.1) is 11.0 Å². The van der Waals surface area contributed by atoms with Gasteiger partial charge in [-0.1, -0.05) is 35.3 Å². The van der Waals surface area contributed by atoms with Crippen LogP contribution in [0.2, 0.25) is 10.0 Å². The van der Waals surface area contributed by atoms with Gasteiger partial charge in [-0.05, 0) is 18.2 Å². The predicted molar refractivity (Wildman–Crippen MR) is 91.5 cm³/mol. The molecule has 0 aromatic heterocycles. The molecule has 0 heterocycles. The first-order valence-electron chi connectivity index (χ1n) is 6.79. The second-order valence-electron chi connectivity index (χ2n) is 4.82. The number of carbonyl (C=O) groups is 1. The number of anilines is 1. The molecule has 0 aliphatic carbocycles. The van der Waals surface area contributed by atoms with Crippen molar-refractivity contribution >= 4 is 40.6 Å². The first kappa shape index (κ1) is 18.0. The third-order valence-electron chi connectivity index (χ3n) is 3.09. The Bertz CT molecular complexity index is 770. The lowest BCUT2D eigenvalue weighted by Gasteiger charge is -2.14. The molecule has 0 radical (unpaired) electrons. The molecule has 2 aromatic carbocycles. The summed E-state index contributed by atoms with van der Waals surface area (Å²) in [6, 6.07) is 9.53. The van der Waals surface area contributed by atoms with Gasteiger partial charge in [-0.3, -0.25) is 10.1 Å². The molecule has 0 saturated heterocycles. The van der Waals surface area contributed by atoms with E-state index in [-0.39, 0.29) is 22.9 Å². The first-order chi connectivity index (χ1) is 11.4. The fourth-order valence-electron chi connectivity index (χ4n) is 1.94. The van der Waals surface area contributed by atoms with E-state index < -0.39 is 17.1 Å². The van der Waals surface area contributed by atoms with Crippen LogP contribution in [-0.2, 0) is 0 Å². The molecule has 7 nitrogen and oxygen atoms in total. The molecular weight excluding hydrogens is 357 g/mol. The summed E-state index contributed by atoms with van der Waals surface area (Å²) >= 11 is 11.8. The molecule has 2 amide bonds. The molecule has 0 aliphatic rings. The Balaban J connectivity index is 1.93. The number of carbonyl (C=O) groups excluding carboxylic acids is 1. The van der Waals surface area contributed by atoms with E-state index in [2.05, 4.69) is 10.6 Å². The lowest BCUT2D eigenvalue weighted by atomic mass is 10.1. The van der Waals surface area contributed by atoms with Crippen molar-refractivity contribution in [2.75, 3.05) is 11.9 Å². The number of hydrogen-bond donors (Lipinski definition) is 3. The zero-order chi connectivity index (χ0) is 17.7. The molecule has 0 aliphatic heterocycles. The van der Waals surface area contributed by atoms with E-state index in [1.165, 1.54) is 30.3 Å². The number of nitrogens with zero attached hydrogens (tertiary/aromatic N) is 1. The summed E-state index contributed by atoms with van der Waals surface area (Å²) in [7, 11) is 0. The first-order valence-corrected chi connectivity index (χ1v) is 7.54. The SMILES string of the molecule is O=C(NCC(O)c1ccc(Cl)cc1Cl)Nc1cccc([N+](=O)[O-])c1. The van der Waals surface area contributed by atoms with Crippen LogP contribution in [0, 0.1) is 10.1 Å². The Morgan fingerprint density at radius 2 is 2.00 bits per heavy atom. The molecule has 2 rings (SSSR count). The molecule has 0 saturated carbocycles. The van der Waals surface area contributed by atoms with Gasteiger partial charge in [0.2, 0.25) is 0 Å². The summed E-state index contributed by atoms with van der Waals surface area (Å²) in [6.45, 7) is -0.0951. The van der Waals surface area contributed by atoms with E-state index in [1.54, 1.807) is 12.1 Å². The number of nitrogens with one attached hydrogen (secondary N) is 2. The maximum atomic E-state index is 11.8. The Morgan fingerprint density at radius 3 is 2.67 bits per heavy atom. The number of halogens is 2. The third kappa shape index (κ3) is 4.82. The molecule has 1 atom stereocenters. The molecule has 0 bridgehead atoms. The number of amides is 2. The normalized spacial score (nSPS) is 11.6. The lowest BCUT2D eigenvalue weighted by molar-refractivity contribution is -0.384. The molecular formula is C15H13Cl2N3O4. The summed E-state index contributed by atoms with van der Waals surface area (Å²) in [5, 5.41) is 26.4. The molecule has 3 N–H and O–H groups in total. The van der Waals surface area contributed by atoms with Crippen LogP contribution in [0.25, 0.3) is 0 Å². The van der Waals surface area contributed by atoms with Gasteiger partial charge in [0.25, 0.3) is 5.69 Å². The van der Waals surface area contributed by atoms with Gasteiger partial charge in [-0.15, -0.1) is 0 Å². The standard InChI is InChI=1S/C15H13Cl2N3O4/c16-9-4-5-12(13(17)6-9)14(21)8-18-15(22)19-10-2-1-3-11(7-10)20(23)24/h1-7,14,21H,8H2,(H2,18,19,22). The topological polar surface area (TPSA) is 104 Å². The number of hydrogen-bond acceptors (Lipinski definition) is 4. The van der Waals surface area contributed by atoms with Crippen molar-refractivity contribution in [2.45, 2.75) is 6.10 Å². The maximum absolute atomic E-state index is 11.8. The van der Waals surface area contributed by atoms with Crippen molar-refractivity contribution in [1.82, 2.24) is 5.32 Å². The van der Waals surface area contributed by atoms with Crippen LogP contribution in [0.15, 0.2) is 42.5 Å². The van der Waals surface area contributed by atoms with Crippen LogP contribution in [-0.4, -0.2) is 22.6 Å². The number of aliphatic hydroxyl groups excluding tert-OH is 1. The summed E-state index contributed by atoms with van der Waals surface area (Å²) < 4.78 is 0. The highest BCUT2D eigenvalue weighted by Crippen LogP contribution is 2.26. The fraction of sp³-hybridized carbons (Fsp3) is 0.133. The van der Waals surface area contributed by atoms with Crippen molar-refractivity contribution in [1.29, 1.82) is 0 Å². The Hall–Kier alpha value is -2.35. The minimum atomic E-state index is -1.02. The van der Waals surface area contributed by atoms with Crippen LogP contribution in [0.4, 0.5) is 16.2 Å².